The number of carbonyl (C=O) groups is 1. The number of nitrogens with one attached hydrogen (secondary N) is 2. The van der Waals surface area contributed by atoms with Crippen molar-refractivity contribution in [2.45, 2.75) is 38.0 Å². The number of nitrogens with zero attached hydrogens (tertiary/aromatic N) is 1. The lowest BCUT2D eigenvalue weighted by Crippen LogP contribution is -2.33. The summed E-state index contributed by atoms with van der Waals surface area (Å²) in [5, 5.41) is 4.38. The van der Waals surface area contributed by atoms with Crippen molar-refractivity contribution in [3.05, 3.63) is 76.4 Å². The van der Waals surface area contributed by atoms with E-state index in [9.17, 15) is 4.79 Å². The Morgan fingerprint density at radius 1 is 1.09 bits per heavy atom. The predicted octanol–water partition coefficient (Wildman–Crippen LogP) is 6.11. The van der Waals surface area contributed by atoms with Crippen LogP contribution in [-0.4, -0.2) is 42.0 Å². The van der Waals surface area contributed by atoms with Gasteiger partial charge in [-0.1, -0.05) is 52.7 Å². The minimum absolute atomic E-state index is 0.0238. The first-order valence-corrected chi connectivity index (χ1v) is 12.5. The van der Waals surface area contributed by atoms with E-state index < -0.39 is 0 Å². The Bertz CT molecular complexity index is 1050. The van der Waals surface area contributed by atoms with E-state index in [1.165, 1.54) is 48.8 Å². The van der Waals surface area contributed by atoms with Gasteiger partial charge in [-0.25, -0.2) is 0 Å². The Labute approximate surface area is 199 Å². The molecule has 32 heavy (non-hydrogen) atoms. The molecule has 3 aromatic rings. The number of halogens is 1. The van der Waals surface area contributed by atoms with Gasteiger partial charge in [0.25, 0.3) is 0 Å². The average molecular weight is 494 g/mol. The van der Waals surface area contributed by atoms with Gasteiger partial charge in [0.2, 0.25) is 5.91 Å². The molecule has 1 aliphatic rings. The maximum atomic E-state index is 12.0. The summed E-state index contributed by atoms with van der Waals surface area (Å²) in [5.74, 6) is 0.645. The molecule has 1 amide bonds. The van der Waals surface area contributed by atoms with Crippen molar-refractivity contribution in [3.63, 3.8) is 0 Å². The third-order valence-electron chi connectivity index (χ3n) is 6.37. The molecular weight excluding hydrogens is 462 g/mol. The van der Waals surface area contributed by atoms with Gasteiger partial charge in [-0.05, 0) is 86.6 Å². The summed E-state index contributed by atoms with van der Waals surface area (Å²) in [5.41, 5.74) is 3.76. The summed E-state index contributed by atoms with van der Waals surface area (Å²) in [4.78, 5) is 18.0. The molecule has 1 aromatic heterocycles. The largest absolute Gasteiger partial charge is 0.361 e. The number of fused-ring (bicyclic) bond motifs is 1. The van der Waals surface area contributed by atoms with E-state index >= 15 is 0 Å². The molecule has 2 N–H and O–H groups in total. The van der Waals surface area contributed by atoms with Crippen molar-refractivity contribution in [1.82, 2.24) is 15.2 Å². The summed E-state index contributed by atoms with van der Waals surface area (Å²) >= 11 is 3.45. The van der Waals surface area contributed by atoms with Gasteiger partial charge in [0.05, 0.1) is 0 Å². The fourth-order valence-corrected chi connectivity index (χ4v) is 5.01. The highest BCUT2D eigenvalue weighted by molar-refractivity contribution is 9.10. The van der Waals surface area contributed by atoms with E-state index in [4.69, 9.17) is 0 Å². The van der Waals surface area contributed by atoms with E-state index in [1.807, 2.05) is 30.3 Å². The number of rotatable bonds is 9. The first-order valence-electron chi connectivity index (χ1n) is 11.7. The number of amides is 1. The van der Waals surface area contributed by atoms with Crippen molar-refractivity contribution < 1.29 is 4.79 Å². The lowest BCUT2D eigenvalue weighted by molar-refractivity contribution is -0.116. The van der Waals surface area contributed by atoms with Gasteiger partial charge in [0.1, 0.15) is 0 Å². The zero-order valence-corrected chi connectivity index (χ0v) is 20.1. The number of hydrogen-bond acceptors (Lipinski definition) is 2. The minimum Gasteiger partial charge on any atom is -0.361 e. The van der Waals surface area contributed by atoms with Crippen LogP contribution in [0.25, 0.3) is 17.0 Å². The molecule has 1 fully saturated rings. The van der Waals surface area contributed by atoms with Crippen LogP contribution in [0.15, 0.2) is 65.3 Å². The van der Waals surface area contributed by atoms with Crippen molar-refractivity contribution in [2.24, 2.45) is 0 Å². The first-order chi connectivity index (χ1) is 15.7. The monoisotopic (exact) mass is 493 g/mol. The quantitative estimate of drug-likeness (QED) is 0.279. The molecule has 5 heteroatoms. The van der Waals surface area contributed by atoms with E-state index in [0.717, 1.165) is 36.0 Å². The van der Waals surface area contributed by atoms with Crippen molar-refractivity contribution >= 4 is 38.8 Å². The zero-order valence-electron chi connectivity index (χ0n) is 18.5. The number of aromatic amines is 1. The number of benzene rings is 2. The topological polar surface area (TPSA) is 48.1 Å². The maximum Gasteiger partial charge on any atom is 0.243 e. The Morgan fingerprint density at radius 2 is 1.94 bits per heavy atom. The highest BCUT2D eigenvalue weighted by Gasteiger charge is 2.22. The second-order valence-corrected chi connectivity index (χ2v) is 9.56. The minimum atomic E-state index is -0.0238. The Balaban J connectivity index is 1.08. The van der Waals surface area contributed by atoms with Gasteiger partial charge in [0, 0.05) is 34.2 Å². The summed E-state index contributed by atoms with van der Waals surface area (Å²) in [6.45, 7) is 4.27. The molecule has 0 bridgehead atoms. The van der Waals surface area contributed by atoms with Crippen molar-refractivity contribution in [2.75, 3.05) is 26.2 Å². The van der Waals surface area contributed by atoms with E-state index in [2.05, 4.69) is 61.6 Å². The number of para-hydroxylation sites is 1. The van der Waals surface area contributed by atoms with Crippen molar-refractivity contribution in [3.8, 4) is 0 Å². The summed E-state index contributed by atoms with van der Waals surface area (Å²) in [7, 11) is 0. The van der Waals surface area contributed by atoms with Crippen LogP contribution in [0.2, 0.25) is 0 Å². The van der Waals surface area contributed by atoms with Crippen LogP contribution < -0.4 is 5.32 Å². The smallest absolute Gasteiger partial charge is 0.243 e. The van der Waals surface area contributed by atoms with Gasteiger partial charge < -0.3 is 15.2 Å². The molecular formula is C27H32BrN3O. The second kappa shape index (κ2) is 11.5. The molecule has 2 heterocycles. The number of carbonyl (C=O) groups excluding carboxylic acids is 1. The lowest BCUT2D eigenvalue weighted by atomic mass is 9.89. The van der Waals surface area contributed by atoms with Gasteiger partial charge in [-0.2, -0.15) is 0 Å². The van der Waals surface area contributed by atoms with Crippen LogP contribution in [0.4, 0.5) is 0 Å². The van der Waals surface area contributed by atoms with E-state index in [0.29, 0.717) is 5.92 Å². The second-order valence-electron chi connectivity index (χ2n) is 8.65. The predicted molar refractivity (Wildman–Crippen MR) is 137 cm³/mol. The van der Waals surface area contributed by atoms with Gasteiger partial charge in [0.15, 0.2) is 0 Å². The van der Waals surface area contributed by atoms with Crippen LogP contribution in [0.3, 0.4) is 0 Å². The highest BCUT2D eigenvalue weighted by atomic mass is 79.9. The first kappa shape index (κ1) is 22.8. The lowest BCUT2D eigenvalue weighted by Gasteiger charge is -2.32. The molecule has 1 aliphatic heterocycles. The highest BCUT2D eigenvalue weighted by Crippen LogP contribution is 2.33. The normalized spacial score (nSPS) is 15.5. The molecule has 4 rings (SSSR count). The third-order valence-corrected chi connectivity index (χ3v) is 6.87. The van der Waals surface area contributed by atoms with Gasteiger partial charge in [-0.3, -0.25) is 4.79 Å². The SMILES string of the molecule is O=C(/C=C/c1cccc(Br)c1)NCCCCCN1CCC(c2c[nH]c3ccccc23)CC1. The summed E-state index contributed by atoms with van der Waals surface area (Å²) in [6.07, 6.45) is 11.5. The number of piperidine rings is 1. The number of H-pyrrole nitrogens is 1. The number of likely N-dealkylation sites (tertiary alicyclic amines) is 1. The average Bonchev–Trinajstić information content (AvgIpc) is 3.25. The van der Waals surface area contributed by atoms with Crippen LogP contribution in [-0.2, 0) is 4.79 Å². The Hall–Kier alpha value is -2.37. The molecule has 2 aromatic carbocycles. The molecule has 0 spiro atoms. The molecule has 4 nitrogen and oxygen atoms in total. The maximum absolute atomic E-state index is 12.0. The van der Waals surface area contributed by atoms with Gasteiger partial charge in [-0.15, -0.1) is 0 Å². The summed E-state index contributed by atoms with van der Waals surface area (Å²) < 4.78 is 1.02. The molecule has 168 valence electrons. The van der Waals surface area contributed by atoms with Crippen molar-refractivity contribution in [1.29, 1.82) is 0 Å². The molecule has 0 saturated carbocycles. The van der Waals surface area contributed by atoms with Crippen LogP contribution in [0.1, 0.15) is 49.1 Å². The molecule has 0 unspecified atom stereocenters. The van der Waals surface area contributed by atoms with E-state index in [-0.39, 0.29) is 5.91 Å². The third kappa shape index (κ3) is 6.33. The fraction of sp³-hybridized carbons (Fsp3) is 0.370. The summed E-state index contributed by atoms with van der Waals surface area (Å²) in [6, 6.07) is 16.5. The van der Waals surface area contributed by atoms with Crippen LogP contribution >= 0.6 is 15.9 Å². The molecule has 0 atom stereocenters. The Morgan fingerprint density at radius 3 is 2.78 bits per heavy atom. The van der Waals surface area contributed by atoms with Crippen LogP contribution in [0.5, 0.6) is 0 Å². The molecule has 1 saturated heterocycles. The number of aromatic nitrogens is 1. The zero-order chi connectivity index (χ0) is 22.2. The Kier molecular flexibility index (Phi) is 8.18. The van der Waals surface area contributed by atoms with Gasteiger partial charge >= 0.3 is 0 Å². The molecule has 0 radical (unpaired) electrons. The fourth-order valence-electron chi connectivity index (χ4n) is 4.59. The number of hydrogen-bond donors (Lipinski definition) is 2. The standard InChI is InChI=1S/C27H32BrN3O/c28-23-8-6-7-21(19-23)11-12-27(32)29-15-4-1-5-16-31-17-13-22(14-18-31)25-20-30-26-10-3-2-9-24(25)26/h2-3,6-12,19-20,22,30H,1,4-5,13-18H2,(H,29,32)/b12-11+. The number of unbranched alkanes of at least 4 members (excludes halogenated alkanes) is 2. The molecule has 0 aliphatic carbocycles. The van der Waals surface area contributed by atoms with E-state index in [1.54, 1.807) is 6.08 Å². The van der Waals surface area contributed by atoms with Crippen LogP contribution in [0, 0.1) is 0 Å².